The highest BCUT2D eigenvalue weighted by atomic mass is 19.4. The molecule has 0 N–H and O–H groups in total. The Labute approximate surface area is 125 Å². The van der Waals surface area contributed by atoms with E-state index in [9.17, 15) is 13.2 Å². The standard InChI is InChI=1S/C17H25F3O/c1-7-13(11(2)3)12-8-9-15(21-16(4,5)6)14(10-12)17(18,19)20/h8-11,13H,7H2,1-6H3. The van der Waals surface area contributed by atoms with Crippen LogP contribution in [0, 0.1) is 5.92 Å². The second-order valence-corrected chi connectivity index (χ2v) is 6.73. The van der Waals surface area contributed by atoms with Crippen LogP contribution in [0.3, 0.4) is 0 Å². The molecule has 1 aromatic carbocycles. The van der Waals surface area contributed by atoms with Crippen molar-refractivity contribution in [2.75, 3.05) is 0 Å². The summed E-state index contributed by atoms with van der Waals surface area (Å²) in [6.07, 6.45) is -3.60. The Morgan fingerprint density at radius 3 is 2.05 bits per heavy atom. The Kier molecular flexibility index (Phi) is 5.35. The molecule has 0 heterocycles. The van der Waals surface area contributed by atoms with E-state index in [1.165, 1.54) is 12.1 Å². The van der Waals surface area contributed by atoms with Crippen LogP contribution in [0.2, 0.25) is 0 Å². The van der Waals surface area contributed by atoms with Crippen LogP contribution in [0.15, 0.2) is 18.2 Å². The van der Waals surface area contributed by atoms with Crippen molar-refractivity contribution in [1.29, 1.82) is 0 Å². The zero-order valence-corrected chi connectivity index (χ0v) is 13.6. The second kappa shape index (κ2) is 6.29. The van der Waals surface area contributed by atoms with E-state index in [2.05, 4.69) is 0 Å². The average molecular weight is 302 g/mol. The molecular formula is C17H25F3O. The summed E-state index contributed by atoms with van der Waals surface area (Å²) in [4.78, 5) is 0. The van der Waals surface area contributed by atoms with Crippen molar-refractivity contribution in [2.24, 2.45) is 5.92 Å². The Morgan fingerprint density at radius 2 is 1.67 bits per heavy atom. The van der Waals surface area contributed by atoms with E-state index < -0.39 is 17.3 Å². The molecule has 0 aliphatic heterocycles. The molecule has 1 atom stereocenters. The van der Waals surface area contributed by atoms with Gasteiger partial charge in [-0.1, -0.05) is 26.8 Å². The molecule has 21 heavy (non-hydrogen) atoms. The van der Waals surface area contributed by atoms with Gasteiger partial charge in [-0.3, -0.25) is 0 Å². The minimum Gasteiger partial charge on any atom is -0.488 e. The van der Waals surface area contributed by atoms with E-state index in [1.807, 2.05) is 20.8 Å². The summed E-state index contributed by atoms with van der Waals surface area (Å²) in [6.45, 7) is 11.3. The Morgan fingerprint density at radius 1 is 1.10 bits per heavy atom. The minimum atomic E-state index is -4.41. The summed E-state index contributed by atoms with van der Waals surface area (Å²) in [5, 5.41) is 0. The number of rotatable bonds is 4. The third-order valence-electron chi connectivity index (χ3n) is 3.40. The summed E-state index contributed by atoms with van der Waals surface area (Å²) in [6, 6.07) is 4.45. The second-order valence-electron chi connectivity index (χ2n) is 6.73. The molecule has 1 nitrogen and oxygen atoms in total. The Hall–Kier alpha value is -1.19. The molecule has 1 aromatic rings. The highest BCUT2D eigenvalue weighted by Crippen LogP contribution is 2.40. The molecular weight excluding hydrogens is 277 g/mol. The molecule has 1 rings (SSSR count). The first-order chi connectivity index (χ1) is 9.45. The first-order valence-electron chi connectivity index (χ1n) is 7.36. The van der Waals surface area contributed by atoms with Gasteiger partial charge in [0.2, 0.25) is 0 Å². The van der Waals surface area contributed by atoms with Gasteiger partial charge < -0.3 is 4.74 Å². The molecule has 0 radical (unpaired) electrons. The third kappa shape index (κ3) is 4.94. The smallest absolute Gasteiger partial charge is 0.419 e. The van der Waals surface area contributed by atoms with Crippen molar-refractivity contribution in [1.82, 2.24) is 0 Å². The largest absolute Gasteiger partial charge is 0.488 e. The first-order valence-corrected chi connectivity index (χ1v) is 7.36. The highest BCUT2D eigenvalue weighted by molar-refractivity contribution is 5.41. The highest BCUT2D eigenvalue weighted by Gasteiger charge is 2.36. The normalized spacial score (nSPS) is 14.4. The fourth-order valence-corrected chi connectivity index (χ4v) is 2.51. The maximum atomic E-state index is 13.3. The van der Waals surface area contributed by atoms with Crippen LogP contribution < -0.4 is 4.74 Å². The van der Waals surface area contributed by atoms with Crippen molar-refractivity contribution >= 4 is 0 Å². The van der Waals surface area contributed by atoms with Crippen LogP contribution in [0.1, 0.15) is 65.0 Å². The predicted molar refractivity (Wildman–Crippen MR) is 79.7 cm³/mol. The third-order valence-corrected chi connectivity index (χ3v) is 3.40. The fraction of sp³-hybridized carbons (Fsp3) is 0.647. The minimum absolute atomic E-state index is 0.0997. The predicted octanol–water partition coefficient (Wildman–Crippen LogP) is 6.03. The van der Waals surface area contributed by atoms with Crippen LogP contribution in [0.25, 0.3) is 0 Å². The van der Waals surface area contributed by atoms with Gasteiger partial charge in [0.05, 0.1) is 5.56 Å². The van der Waals surface area contributed by atoms with Gasteiger partial charge in [-0.25, -0.2) is 0 Å². The maximum Gasteiger partial charge on any atom is 0.419 e. The van der Waals surface area contributed by atoms with Gasteiger partial charge in [0.25, 0.3) is 0 Å². The lowest BCUT2D eigenvalue weighted by atomic mass is 9.85. The molecule has 0 saturated heterocycles. The average Bonchev–Trinajstić information content (AvgIpc) is 2.27. The molecule has 0 amide bonds. The van der Waals surface area contributed by atoms with Crippen molar-refractivity contribution < 1.29 is 17.9 Å². The van der Waals surface area contributed by atoms with E-state index in [4.69, 9.17) is 4.74 Å². The van der Waals surface area contributed by atoms with Gasteiger partial charge >= 0.3 is 6.18 Å². The molecule has 0 spiro atoms. The molecule has 0 aromatic heterocycles. The first kappa shape index (κ1) is 17.9. The van der Waals surface area contributed by atoms with Crippen molar-refractivity contribution in [3.05, 3.63) is 29.3 Å². The number of benzene rings is 1. The number of ether oxygens (including phenoxy) is 1. The Bertz CT molecular complexity index is 470. The summed E-state index contributed by atoms with van der Waals surface area (Å²) >= 11 is 0. The van der Waals surface area contributed by atoms with E-state index in [1.54, 1.807) is 26.8 Å². The molecule has 4 heteroatoms. The van der Waals surface area contributed by atoms with Crippen LogP contribution >= 0.6 is 0 Å². The van der Waals surface area contributed by atoms with Crippen LogP contribution in [-0.4, -0.2) is 5.60 Å². The Balaban J connectivity index is 3.31. The fourth-order valence-electron chi connectivity index (χ4n) is 2.51. The maximum absolute atomic E-state index is 13.3. The van der Waals surface area contributed by atoms with E-state index in [0.29, 0.717) is 5.92 Å². The summed E-state index contributed by atoms with van der Waals surface area (Å²) in [7, 11) is 0. The van der Waals surface area contributed by atoms with E-state index in [-0.39, 0.29) is 11.7 Å². The summed E-state index contributed by atoms with van der Waals surface area (Å²) in [5.74, 6) is 0.317. The molecule has 0 fully saturated rings. The molecule has 0 aliphatic rings. The lowest BCUT2D eigenvalue weighted by molar-refractivity contribution is -0.139. The zero-order valence-electron chi connectivity index (χ0n) is 13.6. The van der Waals surface area contributed by atoms with Gasteiger partial charge in [0.1, 0.15) is 11.4 Å². The van der Waals surface area contributed by atoms with Crippen LogP contribution in [-0.2, 0) is 6.18 Å². The number of hydrogen-bond donors (Lipinski definition) is 0. The lowest BCUT2D eigenvalue weighted by Gasteiger charge is -2.26. The monoisotopic (exact) mass is 302 g/mol. The number of alkyl halides is 3. The molecule has 1 unspecified atom stereocenters. The molecule has 0 bridgehead atoms. The van der Waals surface area contributed by atoms with Gasteiger partial charge in [0, 0.05) is 0 Å². The SMILES string of the molecule is CCC(c1ccc(OC(C)(C)C)c(C(F)(F)F)c1)C(C)C. The van der Waals surface area contributed by atoms with Gasteiger partial charge in [0.15, 0.2) is 0 Å². The van der Waals surface area contributed by atoms with Gasteiger partial charge in [-0.2, -0.15) is 13.2 Å². The molecule has 0 aliphatic carbocycles. The van der Waals surface area contributed by atoms with Crippen LogP contribution in [0.5, 0.6) is 5.75 Å². The topological polar surface area (TPSA) is 9.23 Å². The molecule has 120 valence electrons. The summed E-state index contributed by atoms with van der Waals surface area (Å²) in [5.41, 5.74) is -0.626. The summed E-state index contributed by atoms with van der Waals surface area (Å²) < 4.78 is 45.3. The van der Waals surface area contributed by atoms with Crippen molar-refractivity contribution in [3.63, 3.8) is 0 Å². The van der Waals surface area contributed by atoms with E-state index >= 15 is 0 Å². The van der Waals surface area contributed by atoms with Gasteiger partial charge in [-0.15, -0.1) is 0 Å². The quantitative estimate of drug-likeness (QED) is 0.659. The van der Waals surface area contributed by atoms with Crippen molar-refractivity contribution in [2.45, 2.75) is 65.7 Å². The van der Waals surface area contributed by atoms with E-state index in [0.717, 1.165) is 12.0 Å². The van der Waals surface area contributed by atoms with Crippen molar-refractivity contribution in [3.8, 4) is 5.75 Å². The number of halogens is 3. The number of hydrogen-bond acceptors (Lipinski definition) is 1. The lowest BCUT2D eigenvalue weighted by Crippen LogP contribution is -2.25. The van der Waals surface area contributed by atoms with Gasteiger partial charge in [-0.05, 0) is 56.7 Å². The zero-order chi connectivity index (χ0) is 16.4. The van der Waals surface area contributed by atoms with Crippen LogP contribution in [0.4, 0.5) is 13.2 Å². The molecule has 0 saturated carbocycles.